The Morgan fingerprint density at radius 3 is 2.40 bits per heavy atom. The summed E-state index contributed by atoms with van der Waals surface area (Å²) in [5.74, 6) is -1.27. The van der Waals surface area contributed by atoms with Gasteiger partial charge in [-0.2, -0.15) is 0 Å². The van der Waals surface area contributed by atoms with Gasteiger partial charge in [-0.3, -0.25) is 0 Å². The Morgan fingerprint density at radius 2 is 2.00 bits per heavy atom. The molecule has 0 fully saturated rings. The lowest BCUT2D eigenvalue weighted by Crippen LogP contribution is -2.02. The molecule has 1 heterocycles. The number of carboxylic acid groups (broad SMARTS) is 1. The van der Waals surface area contributed by atoms with Crippen LogP contribution in [0, 0.1) is 3.57 Å². The van der Waals surface area contributed by atoms with Crippen molar-refractivity contribution in [3.05, 3.63) is 21.8 Å². The lowest BCUT2D eigenvalue weighted by Gasteiger charge is -1.89. The first kappa shape index (κ1) is 7.39. The number of aromatic nitrogens is 2. The zero-order valence-corrected chi connectivity index (χ0v) is 6.94. The zero-order valence-electron chi connectivity index (χ0n) is 4.78. The van der Waals surface area contributed by atoms with E-state index in [1.807, 2.05) is 22.6 Å². The monoisotopic (exact) mass is 250 g/mol. The second-order valence-corrected chi connectivity index (χ2v) is 2.78. The van der Waals surface area contributed by atoms with Crippen LogP contribution in [0.4, 0.5) is 0 Å². The molecule has 0 saturated heterocycles. The molecule has 1 aromatic heterocycles. The quantitative estimate of drug-likeness (QED) is 0.748. The summed E-state index contributed by atoms with van der Waals surface area (Å²) in [5.41, 5.74) is 0. The maximum absolute atomic E-state index is 10.2. The van der Waals surface area contributed by atoms with Gasteiger partial charge in [0.2, 0.25) is 5.82 Å². The highest BCUT2D eigenvalue weighted by molar-refractivity contribution is 14.1. The van der Waals surface area contributed by atoms with Gasteiger partial charge in [0.15, 0.2) is 0 Å². The number of rotatable bonds is 1. The highest BCUT2D eigenvalue weighted by Crippen LogP contribution is 1.98. The van der Waals surface area contributed by atoms with Gasteiger partial charge in [-0.15, -0.1) is 0 Å². The van der Waals surface area contributed by atoms with Crippen molar-refractivity contribution in [3.63, 3.8) is 0 Å². The van der Waals surface area contributed by atoms with E-state index in [1.54, 1.807) is 0 Å². The number of carbonyl (C=O) groups is 1. The largest absolute Gasteiger partial charge is 0.475 e. The molecule has 4 nitrogen and oxygen atoms in total. The molecule has 0 bridgehead atoms. The molecule has 0 spiro atoms. The van der Waals surface area contributed by atoms with Crippen molar-refractivity contribution in [1.29, 1.82) is 0 Å². The molecule has 10 heavy (non-hydrogen) atoms. The Morgan fingerprint density at radius 1 is 1.50 bits per heavy atom. The van der Waals surface area contributed by atoms with E-state index in [9.17, 15) is 4.79 Å². The van der Waals surface area contributed by atoms with E-state index in [2.05, 4.69) is 9.97 Å². The first-order chi connectivity index (χ1) is 4.70. The van der Waals surface area contributed by atoms with Crippen LogP contribution >= 0.6 is 22.6 Å². The number of carboxylic acids is 1. The SMILES string of the molecule is O=C(O)c1ncc(I)cn1. The van der Waals surface area contributed by atoms with E-state index in [0.717, 1.165) is 3.57 Å². The second kappa shape index (κ2) is 2.91. The molecular weight excluding hydrogens is 247 g/mol. The average molecular weight is 250 g/mol. The normalized spacial score (nSPS) is 9.30. The molecule has 1 rings (SSSR count). The van der Waals surface area contributed by atoms with Gasteiger partial charge >= 0.3 is 5.97 Å². The molecule has 5 heteroatoms. The molecule has 0 atom stereocenters. The lowest BCUT2D eigenvalue weighted by atomic mass is 10.6. The van der Waals surface area contributed by atoms with Gasteiger partial charge in [-0.25, -0.2) is 14.8 Å². The number of hydrogen-bond acceptors (Lipinski definition) is 3. The van der Waals surface area contributed by atoms with Gasteiger partial charge in [0, 0.05) is 16.0 Å². The molecule has 1 aromatic rings. The van der Waals surface area contributed by atoms with E-state index in [-0.39, 0.29) is 5.82 Å². The average Bonchev–Trinajstić information content (AvgIpc) is 1.88. The van der Waals surface area contributed by atoms with Gasteiger partial charge in [-0.05, 0) is 22.6 Å². The fourth-order valence-electron chi connectivity index (χ4n) is 0.423. The van der Waals surface area contributed by atoms with Crippen molar-refractivity contribution in [3.8, 4) is 0 Å². The van der Waals surface area contributed by atoms with Crippen LogP contribution in [0.3, 0.4) is 0 Å². The number of aromatic carboxylic acids is 1. The van der Waals surface area contributed by atoms with Gasteiger partial charge < -0.3 is 5.11 Å². The standard InChI is InChI=1S/C5H3IN2O2/c6-3-1-7-4(5(9)10)8-2-3/h1-2H,(H,9,10). The highest BCUT2D eigenvalue weighted by atomic mass is 127. The molecule has 0 saturated carbocycles. The summed E-state index contributed by atoms with van der Waals surface area (Å²) in [7, 11) is 0. The zero-order chi connectivity index (χ0) is 7.56. The molecule has 0 aromatic carbocycles. The third-order valence-electron chi connectivity index (χ3n) is 0.812. The van der Waals surface area contributed by atoms with Crippen LogP contribution in [-0.2, 0) is 0 Å². The maximum atomic E-state index is 10.2. The minimum Gasteiger partial charge on any atom is -0.475 e. The lowest BCUT2D eigenvalue weighted by molar-refractivity contribution is 0.0683. The fourth-order valence-corrected chi connectivity index (χ4v) is 0.701. The Bertz CT molecular complexity index is 246. The predicted octanol–water partition coefficient (Wildman–Crippen LogP) is 0.779. The Kier molecular flexibility index (Phi) is 2.15. The molecule has 52 valence electrons. The van der Waals surface area contributed by atoms with Crippen molar-refractivity contribution in [1.82, 2.24) is 9.97 Å². The van der Waals surface area contributed by atoms with E-state index in [0.29, 0.717) is 0 Å². The molecule has 0 amide bonds. The first-order valence-electron chi connectivity index (χ1n) is 2.41. The molecule has 0 unspecified atom stereocenters. The van der Waals surface area contributed by atoms with Crippen LogP contribution in [0.25, 0.3) is 0 Å². The van der Waals surface area contributed by atoms with Crippen LogP contribution in [0.1, 0.15) is 10.6 Å². The van der Waals surface area contributed by atoms with Crippen LogP contribution < -0.4 is 0 Å². The van der Waals surface area contributed by atoms with Gasteiger partial charge in [-0.1, -0.05) is 0 Å². The van der Waals surface area contributed by atoms with Crippen molar-refractivity contribution in [2.45, 2.75) is 0 Å². The summed E-state index contributed by atoms with van der Waals surface area (Å²) >= 11 is 2.00. The fraction of sp³-hybridized carbons (Fsp3) is 0. The Labute approximate surface area is 70.5 Å². The molecule has 0 aliphatic rings. The Balaban J connectivity index is 3.00. The third kappa shape index (κ3) is 1.63. The van der Waals surface area contributed by atoms with Crippen LogP contribution in [-0.4, -0.2) is 21.0 Å². The number of halogens is 1. The van der Waals surface area contributed by atoms with Gasteiger partial charge in [0.1, 0.15) is 0 Å². The third-order valence-corrected chi connectivity index (χ3v) is 1.37. The molecule has 0 aliphatic carbocycles. The summed E-state index contributed by atoms with van der Waals surface area (Å²) in [5, 5.41) is 8.35. The number of nitrogens with zero attached hydrogens (tertiary/aromatic N) is 2. The van der Waals surface area contributed by atoms with Crippen LogP contribution in [0.5, 0.6) is 0 Å². The van der Waals surface area contributed by atoms with Crippen molar-refractivity contribution in [2.75, 3.05) is 0 Å². The first-order valence-corrected chi connectivity index (χ1v) is 3.49. The minimum absolute atomic E-state index is 0.166. The summed E-state index contributed by atoms with van der Waals surface area (Å²) in [6.07, 6.45) is 2.91. The van der Waals surface area contributed by atoms with E-state index >= 15 is 0 Å². The smallest absolute Gasteiger partial charge is 0.373 e. The van der Waals surface area contributed by atoms with Gasteiger partial charge in [0.25, 0.3) is 0 Å². The summed E-state index contributed by atoms with van der Waals surface area (Å²) < 4.78 is 0.822. The molecule has 0 aliphatic heterocycles. The van der Waals surface area contributed by atoms with E-state index < -0.39 is 5.97 Å². The molecule has 0 radical (unpaired) electrons. The van der Waals surface area contributed by atoms with E-state index in [1.165, 1.54) is 12.4 Å². The summed E-state index contributed by atoms with van der Waals surface area (Å²) in [4.78, 5) is 17.3. The van der Waals surface area contributed by atoms with Gasteiger partial charge in [0.05, 0.1) is 0 Å². The topological polar surface area (TPSA) is 63.1 Å². The second-order valence-electron chi connectivity index (χ2n) is 1.53. The predicted molar refractivity (Wildman–Crippen MR) is 41.7 cm³/mol. The van der Waals surface area contributed by atoms with Crippen LogP contribution in [0.15, 0.2) is 12.4 Å². The van der Waals surface area contributed by atoms with Crippen molar-refractivity contribution in [2.24, 2.45) is 0 Å². The highest BCUT2D eigenvalue weighted by Gasteiger charge is 2.03. The molecular formula is C5H3IN2O2. The van der Waals surface area contributed by atoms with Crippen molar-refractivity contribution < 1.29 is 9.90 Å². The number of hydrogen-bond donors (Lipinski definition) is 1. The maximum Gasteiger partial charge on any atom is 0.373 e. The minimum atomic E-state index is -1.10. The summed E-state index contributed by atoms with van der Waals surface area (Å²) in [6, 6.07) is 0. The summed E-state index contributed by atoms with van der Waals surface area (Å²) in [6.45, 7) is 0. The van der Waals surface area contributed by atoms with Crippen LogP contribution in [0.2, 0.25) is 0 Å². The van der Waals surface area contributed by atoms with Crippen molar-refractivity contribution >= 4 is 28.6 Å². The van der Waals surface area contributed by atoms with E-state index in [4.69, 9.17) is 5.11 Å². The molecule has 1 N–H and O–H groups in total. The Hall–Kier alpha value is -0.720.